The van der Waals surface area contributed by atoms with E-state index in [2.05, 4.69) is 51.9 Å². The van der Waals surface area contributed by atoms with Crippen LogP contribution in [-0.4, -0.2) is 37.1 Å². The Morgan fingerprint density at radius 1 is 1.17 bits per heavy atom. The molecule has 0 aromatic rings. The van der Waals surface area contributed by atoms with E-state index in [1.807, 2.05) is 0 Å². The third-order valence-electron chi connectivity index (χ3n) is 4.65. The van der Waals surface area contributed by atoms with Crippen molar-refractivity contribution >= 4 is 0 Å². The Kier molecular flexibility index (Phi) is 6.13. The van der Waals surface area contributed by atoms with Gasteiger partial charge in [0.1, 0.15) is 0 Å². The van der Waals surface area contributed by atoms with Crippen molar-refractivity contribution in [2.45, 2.75) is 72.4 Å². The molecule has 1 aliphatic carbocycles. The summed E-state index contributed by atoms with van der Waals surface area (Å²) in [7, 11) is 2.31. The molecule has 108 valence electrons. The van der Waals surface area contributed by atoms with Crippen LogP contribution in [0.25, 0.3) is 0 Å². The smallest absolute Gasteiger partial charge is 0.0249 e. The molecule has 1 rings (SSSR count). The molecule has 0 aromatic carbocycles. The van der Waals surface area contributed by atoms with Crippen molar-refractivity contribution in [1.29, 1.82) is 0 Å². The molecule has 1 N–H and O–H groups in total. The fourth-order valence-corrected chi connectivity index (χ4v) is 3.44. The maximum atomic E-state index is 3.70. The minimum Gasteiger partial charge on any atom is -0.313 e. The first-order valence-electron chi connectivity index (χ1n) is 7.83. The average Bonchev–Trinajstić information content (AvgIpc) is 2.28. The molecule has 0 spiro atoms. The van der Waals surface area contributed by atoms with E-state index in [9.17, 15) is 0 Å². The summed E-state index contributed by atoms with van der Waals surface area (Å²) in [6.45, 7) is 14.0. The van der Waals surface area contributed by atoms with Gasteiger partial charge in [-0.25, -0.2) is 0 Å². The normalized spacial score (nSPS) is 29.8. The summed E-state index contributed by atoms with van der Waals surface area (Å²) in [5, 5.41) is 3.70. The Bertz CT molecular complexity index is 232. The van der Waals surface area contributed by atoms with Crippen LogP contribution in [0.2, 0.25) is 0 Å². The fourth-order valence-electron chi connectivity index (χ4n) is 3.44. The van der Waals surface area contributed by atoms with Gasteiger partial charge in [-0.3, -0.25) is 0 Å². The van der Waals surface area contributed by atoms with Gasteiger partial charge in [0.25, 0.3) is 0 Å². The fraction of sp³-hybridized carbons (Fsp3) is 1.00. The highest BCUT2D eigenvalue weighted by Gasteiger charge is 2.36. The van der Waals surface area contributed by atoms with Gasteiger partial charge in [-0.05, 0) is 57.2 Å². The molecule has 0 bridgehead atoms. The summed E-state index contributed by atoms with van der Waals surface area (Å²) in [6.07, 6.45) is 5.34. The Balaban J connectivity index is 2.69. The Labute approximate surface area is 115 Å². The second-order valence-electron chi connectivity index (χ2n) is 7.09. The molecule has 0 aromatic heterocycles. The number of nitrogens with zero attached hydrogens (tertiary/aromatic N) is 1. The highest BCUT2D eigenvalue weighted by Crippen LogP contribution is 2.39. The summed E-state index contributed by atoms with van der Waals surface area (Å²) in [4.78, 5) is 2.59. The van der Waals surface area contributed by atoms with Crippen LogP contribution in [0.1, 0.15) is 60.3 Å². The molecule has 0 heterocycles. The molecular formula is C16H34N2. The molecular weight excluding hydrogens is 220 g/mol. The molecule has 2 heteroatoms. The van der Waals surface area contributed by atoms with Gasteiger partial charge in [-0.15, -0.1) is 0 Å². The standard InChI is InChI=1S/C16H34N2/c1-7-11-18(6)15-12-13(16(3,4)5)9-10-14(15)17-8-2/h13-15,17H,7-12H2,1-6H3. The van der Waals surface area contributed by atoms with E-state index in [1.54, 1.807) is 0 Å². The summed E-state index contributed by atoms with van der Waals surface area (Å²) in [6, 6.07) is 1.42. The molecule has 0 radical (unpaired) electrons. The second-order valence-corrected chi connectivity index (χ2v) is 7.09. The quantitative estimate of drug-likeness (QED) is 0.807. The van der Waals surface area contributed by atoms with E-state index in [1.165, 1.54) is 32.2 Å². The van der Waals surface area contributed by atoms with E-state index < -0.39 is 0 Å². The number of nitrogens with one attached hydrogen (secondary N) is 1. The van der Waals surface area contributed by atoms with Crippen LogP contribution < -0.4 is 5.32 Å². The van der Waals surface area contributed by atoms with E-state index in [-0.39, 0.29) is 0 Å². The van der Waals surface area contributed by atoms with Crippen LogP contribution in [0.5, 0.6) is 0 Å². The van der Waals surface area contributed by atoms with Crippen molar-refractivity contribution in [2.75, 3.05) is 20.1 Å². The van der Waals surface area contributed by atoms with Crippen molar-refractivity contribution in [1.82, 2.24) is 10.2 Å². The SMILES string of the molecule is CCCN(C)C1CC(C(C)(C)C)CCC1NCC. The lowest BCUT2D eigenvalue weighted by molar-refractivity contribution is 0.0729. The summed E-state index contributed by atoms with van der Waals surface area (Å²) in [5.74, 6) is 0.872. The zero-order valence-corrected chi connectivity index (χ0v) is 13.4. The minimum absolute atomic E-state index is 0.461. The molecule has 3 unspecified atom stereocenters. The van der Waals surface area contributed by atoms with E-state index in [4.69, 9.17) is 0 Å². The van der Waals surface area contributed by atoms with Crippen LogP contribution in [0.3, 0.4) is 0 Å². The van der Waals surface area contributed by atoms with Gasteiger partial charge in [0.2, 0.25) is 0 Å². The second kappa shape index (κ2) is 6.91. The van der Waals surface area contributed by atoms with Gasteiger partial charge in [-0.1, -0.05) is 34.6 Å². The van der Waals surface area contributed by atoms with Crippen molar-refractivity contribution in [3.63, 3.8) is 0 Å². The Morgan fingerprint density at radius 3 is 2.33 bits per heavy atom. The minimum atomic E-state index is 0.461. The molecule has 0 aliphatic heterocycles. The third kappa shape index (κ3) is 4.24. The molecule has 1 fully saturated rings. The highest BCUT2D eigenvalue weighted by atomic mass is 15.2. The molecule has 3 atom stereocenters. The predicted octanol–water partition coefficient (Wildman–Crippen LogP) is 3.52. The molecule has 0 amide bonds. The molecule has 0 saturated heterocycles. The van der Waals surface area contributed by atoms with Crippen LogP contribution in [0.4, 0.5) is 0 Å². The lowest BCUT2D eigenvalue weighted by Gasteiger charge is -2.45. The first-order valence-corrected chi connectivity index (χ1v) is 7.83. The van der Waals surface area contributed by atoms with Crippen molar-refractivity contribution in [3.05, 3.63) is 0 Å². The molecule has 1 saturated carbocycles. The predicted molar refractivity (Wildman–Crippen MR) is 81.0 cm³/mol. The first kappa shape index (κ1) is 16.0. The van der Waals surface area contributed by atoms with Gasteiger partial charge in [0, 0.05) is 12.1 Å². The number of hydrogen-bond donors (Lipinski definition) is 1. The number of likely N-dealkylation sites (N-methyl/N-ethyl adjacent to an activating group) is 2. The lowest BCUT2D eigenvalue weighted by Crippen LogP contribution is -2.53. The van der Waals surface area contributed by atoms with Gasteiger partial charge >= 0.3 is 0 Å². The van der Waals surface area contributed by atoms with E-state index in [0.29, 0.717) is 11.5 Å². The van der Waals surface area contributed by atoms with E-state index in [0.717, 1.165) is 18.5 Å². The lowest BCUT2D eigenvalue weighted by atomic mass is 9.69. The number of rotatable bonds is 5. The van der Waals surface area contributed by atoms with Gasteiger partial charge in [0.05, 0.1) is 0 Å². The van der Waals surface area contributed by atoms with Crippen LogP contribution in [-0.2, 0) is 0 Å². The number of hydrogen-bond acceptors (Lipinski definition) is 2. The largest absolute Gasteiger partial charge is 0.313 e. The summed E-state index contributed by atoms with van der Waals surface area (Å²) >= 11 is 0. The van der Waals surface area contributed by atoms with Crippen LogP contribution >= 0.6 is 0 Å². The summed E-state index contributed by atoms with van der Waals surface area (Å²) in [5.41, 5.74) is 0.461. The third-order valence-corrected chi connectivity index (χ3v) is 4.65. The van der Waals surface area contributed by atoms with Crippen molar-refractivity contribution in [3.8, 4) is 0 Å². The van der Waals surface area contributed by atoms with Gasteiger partial charge < -0.3 is 10.2 Å². The van der Waals surface area contributed by atoms with E-state index >= 15 is 0 Å². The Morgan fingerprint density at radius 2 is 1.83 bits per heavy atom. The topological polar surface area (TPSA) is 15.3 Å². The summed E-state index contributed by atoms with van der Waals surface area (Å²) < 4.78 is 0. The average molecular weight is 254 g/mol. The molecule has 2 nitrogen and oxygen atoms in total. The first-order chi connectivity index (χ1) is 8.40. The van der Waals surface area contributed by atoms with Gasteiger partial charge in [-0.2, -0.15) is 0 Å². The molecule has 18 heavy (non-hydrogen) atoms. The molecule has 1 aliphatic rings. The maximum absolute atomic E-state index is 3.70. The van der Waals surface area contributed by atoms with Gasteiger partial charge in [0.15, 0.2) is 0 Å². The maximum Gasteiger partial charge on any atom is 0.0249 e. The Hall–Kier alpha value is -0.0800. The monoisotopic (exact) mass is 254 g/mol. The van der Waals surface area contributed by atoms with Crippen molar-refractivity contribution in [2.24, 2.45) is 11.3 Å². The zero-order valence-electron chi connectivity index (χ0n) is 13.4. The zero-order chi connectivity index (χ0) is 13.8. The van der Waals surface area contributed by atoms with Crippen molar-refractivity contribution < 1.29 is 0 Å². The highest BCUT2D eigenvalue weighted by molar-refractivity contribution is 4.93. The van der Waals surface area contributed by atoms with Crippen LogP contribution in [0.15, 0.2) is 0 Å². The van der Waals surface area contributed by atoms with Crippen LogP contribution in [0, 0.1) is 11.3 Å².